The molecule has 0 aromatic rings. The van der Waals surface area contributed by atoms with Crippen LogP contribution < -0.4 is 11.1 Å². The van der Waals surface area contributed by atoms with Crippen LogP contribution in [0.5, 0.6) is 0 Å². The minimum absolute atomic E-state index is 0.0574. The topological polar surface area (TPSA) is 70.8 Å². The number of urea groups is 1. The fourth-order valence-corrected chi connectivity index (χ4v) is 2.56. The van der Waals surface area contributed by atoms with Crippen molar-refractivity contribution >= 4 is 6.03 Å². The van der Waals surface area contributed by atoms with Gasteiger partial charge in [-0.05, 0) is 18.9 Å². The first-order valence-corrected chi connectivity index (χ1v) is 7.24. The average Bonchev–Trinajstić information content (AvgIpc) is 2.92. The fraction of sp³-hybridized carbons (Fsp3) is 0.923. The molecule has 6 heteroatoms. The number of hydrogen-bond acceptors (Lipinski definition) is 4. The molecule has 6 nitrogen and oxygen atoms in total. The lowest BCUT2D eigenvalue weighted by molar-refractivity contribution is 0.127. The maximum atomic E-state index is 12.1. The molecule has 2 aliphatic heterocycles. The zero-order valence-corrected chi connectivity index (χ0v) is 11.8. The molecule has 0 aliphatic carbocycles. The normalized spacial score (nSPS) is 26.4. The molecule has 2 heterocycles. The van der Waals surface area contributed by atoms with E-state index in [0.717, 1.165) is 52.3 Å². The fourth-order valence-electron chi connectivity index (χ4n) is 2.56. The summed E-state index contributed by atoms with van der Waals surface area (Å²) in [4.78, 5) is 16.4. The summed E-state index contributed by atoms with van der Waals surface area (Å²) in [6.07, 6.45) is 0.930. The van der Waals surface area contributed by atoms with Crippen molar-refractivity contribution in [2.24, 2.45) is 11.7 Å². The van der Waals surface area contributed by atoms with E-state index in [1.807, 2.05) is 4.90 Å². The Kier molecular flexibility index (Phi) is 5.42. The zero-order valence-electron chi connectivity index (χ0n) is 11.8. The van der Waals surface area contributed by atoms with Crippen LogP contribution in [-0.4, -0.2) is 74.4 Å². The van der Waals surface area contributed by atoms with Crippen molar-refractivity contribution in [1.29, 1.82) is 0 Å². The molecule has 0 radical (unpaired) electrons. The standard InChI is InChI=1S/C13H26N4O2/c1-11(8-14)9-16-3-5-17(6-4-16)13(18)15-12-2-7-19-10-12/h11-12H,2-10,14H2,1H3,(H,15,18). The van der Waals surface area contributed by atoms with Gasteiger partial charge in [-0.3, -0.25) is 4.90 Å². The van der Waals surface area contributed by atoms with Crippen molar-refractivity contribution in [3.05, 3.63) is 0 Å². The molecule has 2 fully saturated rings. The van der Waals surface area contributed by atoms with Gasteiger partial charge in [0.2, 0.25) is 0 Å². The molecule has 2 aliphatic rings. The lowest BCUT2D eigenvalue weighted by atomic mass is 10.1. The van der Waals surface area contributed by atoms with Gasteiger partial charge in [0.1, 0.15) is 0 Å². The highest BCUT2D eigenvalue weighted by atomic mass is 16.5. The van der Waals surface area contributed by atoms with Gasteiger partial charge in [-0.25, -0.2) is 4.79 Å². The molecule has 2 amide bonds. The average molecular weight is 270 g/mol. The van der Waals surface area contributed by atoms with Gasteiger partial charge in [0.25, 0.3) is 0 Å². The van der Waals surface area contributed by atoms with E-state index < -0.39 is 0 Å². The monoisotopic (exact) mass is 270 g/mol. The van der Waals surface area contributed by atoms with Gasteiger partial charge in [0, 0.05) is 39.3 Å². The molecule has 3 N–H and O–H groups in total. The van der Waals surface area contributed by atoms with Gasteiger partial charge in [-0.15, -0.1) is 0 Å². The lowest BCUT2D eigenvalue weighted by Gasteiger charge is -2.36. The van der Waals surface area contributed by atoms with Crippen LogP contribution in [0.1, 0.15) is 13.3 Å². The van der Waals surface area contributed by atoms with Gasteiger partial charge < -0.3 is 20.7 Å². The second-order valence-corrected chi connectivity index (χ2v) is 5.64. The summed E-state index contributed by atoms with van der Waals surface area (Å²) in [5, 5.41) is 3.04. The van der Waals surface area contributed by atoms with E-state index in [2.05, 4.69) is 17.1 Å². The number of ether oxygens (including phenoxy) is 1. The molecule has 0 spiro atoms. The van der Waals surface area contributed by atoms with E-state index in [-0.39, 0.29) is 12.1 Å². The van der Waals surface area contributed by atoms with E-state index in [0.29, 0.717) is 12.5 Å². The second kappa shape index (κ2) is 7.07. The molecular weight excluding hydrogens is 244 g/mol. The van der Waals surface area contributed by atoms with Crippen LogP contribution >= 0.6 is 0 Å². The molecule has 2 atom stereocenters. The lowest BCUT2D eigenvalue weighted by Crippen LogP contribution is -2.54. The highest BCUT2D eigenvalue weighted by Crippen LogP contribution is 2.08. The summed E-state index contributed by atoms with van der Waals surface area (Å²) in [5.74, 6) is 0.524. The summed E-state index contributed by atoms with van der Waals surface area (Å²) in [7, 11) is 0. The third-order valence-corrected chi connectivity index (χ3v) is 3.89. The number of hydrogen-bond donors (Lipinski definition) is 2. The number of piperazine rings is 1. The number of nitrogens with two attached hydrogens (primary N) is 1. The summed E-state index contributed by atoms with van der Waals surface area (Å²) in [6, 6.07) is 0.254. The molecule has 0 saturated carbocycles. The molecular formula is C13H26N4O2. The maximum Gasteiger partial charge on any atom is 0.317 e. The number of carbonyl (C=O) groups is 1. The van der Waals surface area contributed by atoms with Crippen molar-refractivity contribution in [1.82, 2.24) is 15.1 Å². The first-order chi connectivity index (χ1) is 9.19. The van der Waals surface area contributed by atoms with Gasteiger partial charge in [0.15, 0.2) is 0 Å². The molecule has 2 saturated heterocycles. The Balaban J connectivity index is 1.68. The third-order valence-electron chi connectivity index (χ3n) is 3.89. The van der Waals surface area contributed by atoms with E-state index in [1.54, 1.807) is 0 Å². The third kappa shape index (κ3) is 4.33. The maximum absolute atomic E-state index is 12.1. The van der Waals surface area contributed by atoms with Crippen LogP contribution in [0.4, 0.5) is 4.79 Å². The van der Waals surface area contributed by atoms with E-state index >= 15 is 0 Å². The zero-order chi connectivity index (χ0) is 13.7. The predicted octanol–water partition coefficient (Wildman–Crippen LogP) is -0.303. The summed E-state index contributed by atoms with van der Waals surface area (Å²) >= 11 is 0. The van der Waals surface area contributed by atoms with Crippen LogP contribution in [-0.2, 0) is 4.74 Å². The summed E-state index contributed by atoms with van der Waals surface area (Å²) in [6.45, 7) is 8.82. The summed E-state index contributed by atoms with van der Waals surface area (Å²) in [5.41, 5.74) is 5.64. The van der Waals surface area contributed by atoms with Crippen LogP contribution in [0.2, 0.25) is 0 Å². The number of rotatable bonds is 4. The van der Waals surface area contributed by atoms with E-state index in [4.69, 9.17) is 10.5 Å². The second-order valence-electron chi connectivity index (χ2n) is 5.64. The van der Waals surface area contributed by atoms with Crippen LogP contribution in [0, 0.1) is 5.92 Å². The Morgan fingerprint density at radius 2 is 2.16 bits per heavy atom. The largest absolute Gasteiger partial charge is 0.379 e. The van der Waals surface area contributed by atoms with E-state index in [9.17, 15) is 4.79 Å². The van der Waals surface area contributed by atoms with Gasteiger partial charge in [0.05, 0.1) is 12.6 Å². The Labute approximate surface area is 115 Å². The SMILES string of the molecule is CC(CN)CN1CCN(C(=O)NC2CCOC2)CC1. The molecule has 19 heavy (non-hydrogen) atoms. The van der Waals surface area contributed by atoms with Gasteiger partial charge >= 0.3 is 6.03 Å². The number of amides is 2. The number of carbonyl (C=O) groups excluding carboxylic acids is 1. The Bertz CT molecular complexity index is 286. The minimum atomic E-state index is 0.0574. The number of nitrogens with zero attached hydrogens (tertiary/aromatic N) is 2. The van der Waals surface area contributed by atoms with Crippen molar-refractivity contribution in [2.45, 2.75) is 19.4 Å². The molecule has 0 aromatic heterocycles. The van der Waals surface area contributed by atoms with Crippen molar-refractivity contribution < 1.29 is 9.53 Å². The Morgan fingerprint density at radius 3 is 2.74 bits per heavy atom. The van der Waals surface area contributed by atoms with Crippen molar-refractivity contribution in [3.63, 3.8) is 0 Å². The molecule has 110 valence electrons. The predicted molar refractivity (Wildman–Crippen MR) is 74.0 cm³/mol. The molecule has 2 unspecified atom stereocenters. The van der Waals surface area contributed by atoms with Gasteiger partial charge in [-0.1, -0.05) is 6.92 Å². The minimum Gasteiger partial charge on any atom is -0.379 e. The Hall–Kier alpha value is -0.850. The quantitative estimate of drug-likeness (QED) is 0.735. The molecule has 0 aromatic carbocycles. The highest BCUT2D eigenvalue weighted by Gasteiger charge is 2.24. The first-order valence-electron chi connectivity index (χ1n) is 7.24. The molecule has 2 rings (SSSR count). The Morgan fingerprint density at radius 1 is 1.42 bits per heavy atom. The van der Waals surface area contributed by atoms with Crippen LogP contribution in [0.25, 0.3) is 0 Å². The van der Waals surface area contributed by atoms with E-state index in [1.165, 1.54) is 0 Å². The first kappa shape index (κ1) is 14.6. The number of nitrogens with one attached hydrogen (secondary N) is 1. The van der Waals surface area contributed by atoms with Crippen molar-refractivity contribution in [3.8, 4) is 0 Å². The van der Waals surface area contributed by atoms with Gasteiger partial charge in [-0.2, -0.15) is 0 Å². The molecule has 0 bridgehead atoms. The van der Waals surface area contributed by atoms with Crippen LogP contribution in [0.3, 0.4) is 0 Å². The summed E-state index contributed by atoms with van der Waals surface area (Å²) < 4.78 is 5.27. The smallest absolute Gasteiger partial charge is 0.317 e. The van der Waals surface area contributed by atoms with Crippen molar-refractivity contribution in [2.75, 3.05) is 52.5 Å². The highest BCUT2D eigenvalue weighted by molar-refractivity contribution is 5.74. The van der Waals surface area contributed by atoms with Crippen LogP contribution in [0.15, 0.2) is 0 Å².